The highest BCUT2D eigenvalue weighted by Crippen LogP contribution is 2.37. The molecule has 0 saturated carbocycles. The van der Waals surface area contributed by atoms with Crippen LogP contribution < -0.4 is 5.32 Å². The molecule has 0 spiro atoms. The molecule has 0 aromatic carbocycles. The van der Waals surface area contributed by atoms with E-state index in [4.69, 9.17) is 0 Å². The average Bonchev–Trinajstić information content (AvgIpc) is 3.28. The highest BCUT2D eigenvalue weighted by atomic mass is 16.1. The maximum Gasteiger partial charge on any atom is 0.224 e. The van der Waals surface area contributed by atoms with Crippen LogP contribution in [-0.4, -0.2) is 54.9 Å². The van der Waals surface area contributed by atoms with Crippen LogP contribution in [0.5, 0.6) is 0 Å². The summed E-state index contributed by atoms with van der Waals surface area (Å²) in [5.41, 5.74) is 2.65. The zero-order valence-corrected chi connectivity index (χ0v) is 16.8. The van der Waals surface area contributed by atoms with Crippen molar-refractivity contribution in [3.63, 3.8) is 0 Å². The molecular weight excluding hydrogens is 378 g/mol. The first-order valence-electron chi connectivity index (χ1n) is 10.5. The van der Waals surface area contributed by atoms with Gasteiger partial charge in [0.2, 0.25) is 5.91 Å². The number of carbonyl (C=O) groups is 1. The molecule has 8 heteroatoms. The molecule has 3 aromatic heterocycles. The Balaban J connectivity index is 1.19. The molecule has 154 valence electrons. The zero-order chi connectivity index (χ0) is 20.3. The van der Waals surface area contributed by atoms with Crippen molar-refractivity contribution in [1.82, 2.24) is 35.2 Å². The Hall–Kier alpha value is -3.13. The predicted octanol–water partition coefficient (Wildman–Crippen LogP) is 1.76. The SMILES string of the molecule is O=C(NCc1cccnc1)[C@H]1CN2CC[C@@H]1C[C@@H]2Cn1cc(-c2ccccn2)nn1. The van der Waals surface area contributed by atoms with E-state index in [-0.39, 0.29) is 11.8 Å². The second kappa shape index (κ2) is 8.31. The molecule has 1 N–H and O–H groups in total. The summed E-state index contributed by atoms with van der Waals surface area (Å²) >= 11 is 0. The number of hydrogen-bond donors (Lipinski definition) is 1. The number of amides is 1. The van der Waals surface area contributed by atoms with Crippen LogP contribution in [0.2, 0.25) is 0 Å². The van der Waals surface area contributed by atoms with Crippen LogP contribution in [0.4, 0.5) is 0 Å². The minimum absolute atomic E-state index is 0.0616. The van der Waals surface area contributed by atoms with Crippen molar-refractivity contribution in [2.75, 3.05) is 13.1 Å². The number of carbonyl (C=O) groups excluding carboxylic acids is 1. The van der Waals surface area contributed by atoms with Crippen LogP contribution in [-0.2, 0) is 17.9 Å². The fourth-order valence-corrected chi connectivity index (χ4v) is 4.68. The Morgan fingerprint density at radius 3 is 2.90 bits per heavy atom. The van der Waals surface area contributed by atoms with E-state index in [0.717, 1.165) is 49.4 Å². The summed E-state index contributed by atoms with van der Waals surface area (Å²) in [5.74, 6) is 0.643. The average molecular weight is 403 g/mol. The van der Waals surface area contributed by atoms with Crippen LogP contribution in [0.15, 0.2) is 55.1 Å². The molecule has 3 fully saturated rings. The Morgan fingerprint density at radius 2 is 2.13 bits per heavy atom. The largest absolute Gasteiger partial charge is 0.352 e. The van der Waals surface area contributed by atoms with Gasteiger partial charge in [-0.2, -0.15) is 0 Å². The van der Waals surface area contributed by atoms with Gasteiger partial charge in [-0.3, -0.25) is 24.3 Å². The predicted molar refractivity (Wildman–Crippen MR) is 111 cm³/mol. The lowest BCUT2D eigenvalue weighted by molar-refractivity contribution is -0.133. The van der Waals surface area contributed by atoms with Gasteiger partial charge in [0.05, 0.1) is 24.4 Å². The van der Waals surface area contributed by atoms with Crippen molar-refractivity contribution in [2.45, 2.75) is 32.0 Å². The highest BCUT2D eigenvalue weighted by molar-refractivity contribution is 5.79. The summed E-state index contributed by atoms with van der Waals surface area (Å²) in [4.78, 5) is 23.7. The number of pyridine rings is 2. The molecule has 8 nitrogen and oxygen atoms in total. The second-order valence-corrected chi connectivity index (χ2v) is 8.16. The quantitative estimate of drug-likeness (QED) is 0.675. The number of rotatable bonds is 6. The molecule has 1 unspecified atom stereocenters. The lowest BCUT2D eigenvalue weighted by Crippen LogP contribution is -2.58. The molecular formula is C22H25N7O. The van der Waals surface area contributed by atoms with Gasteiger partial charge in [0, 0.05) is 37.7 Å². The van der Waals surface area contributed by atoms with E-state index in [1.165, 1.54) is 0 Å². The topological polar surface area (TPSA) is 88.8 Å². The Bertz CT molecular complexity index is 991. The molecule has 3 aromatic rings. The van der Waals surface area contributed by atoms with Crippen molar-refractivity contribution in [3.05, 3.63) is 60.7 Å². The first kappa shape index (κ1) is 18.9. The number of fused-ring (bicyclic) bond motifs is 3. The van der Waals surface area contributed by atoms with E-state index in [0.29, 0.717) is 18.5 Å². The van der Waals surface area contributed by atoms with Crippen LogP contribution in [0.1, 0.15) is 18.4 Å². The zero-order valence-electron chi connectivity index (χ0n) is 16.8. The maximum atomic E-state index is 12.8. The number of hydrogen-bond acceptors (Lipinski definition) is 6. The fourth-order valence-electron chi connectivity index (χ4n) is 4.68. The number of nitrogens with zero attached hydrogens (tertiary/aromatic N) is 6. The molecule has 3 aliphatic rings. The normalized spacial score (nSPS) is 25.2. The molecule has 0 radical (unpaired) electrons. The summed E-state index contributed by atoms with van der Waals surface area (Å²) in [6, 6.07) is 10.1. The standard InChI is InChI=1S/C22H25N7O/c30-22(25-12-16-4-3-7-23-11-16)19-14-28-9-6-17(19)10-18(28)13-29-15-21(26-27-29)20-5-1-2-8-24-20/h1-5,7-8,11,15,17-19H,6,9-10,12-14H2,(H,25,30)/t17-,18-,19+/m1/s1. The molecule has 1 amide bonds. The van der Waals surface area contributed by atoms with E-state index < -0.39 is 0 Å². The maximum absolute atomic E-state index is 12.8. The first-order valence-corrected chi connectivity index (χ1v) is 10.5. The molecule has 0 aliphatic carbocycles. The van der Waals surface area contributed by atoms with Crippen molar-refractivity contribution in [3.8, 4) is 11.4 Å². The lowest BCUT2D eigenvalue weighted by atomic mass is 9.75. The Kier molecular flexibility index (Phi) is 5.23. The van der Waals surface area contributed by atoms with E-state index >= 15 is 0 Å². The van der Waals surface area contributed by atoms with Crippen molar-refractivity contribution < 1.29 is 4.79 Å². The van der Waals surface area contributed by atoms with Crippen molar-refractivity contribution >= 4 is 5.91 Å². The van der Waals surface area contributed by atoms with E-state index in [9.17, 15) is 4.79 Å². The van der Waals surface area contributed by atoms with E-state index in [1.54, 1.807) is 18.6 Å². The third kappa shape index (κ3) is 3.95. The van der Waals surface area contributed by atoms with Gasteiger partial charge in [-0.15, -0.1) is 5.10 Å². The van der Waals surface area contributed by atoms with Gasteiger partial charge in [0.25, 0.3) is 0 Å². The minimum atomic E-state index is 0.0616. The highest BCUT2D eigenvalue weighted by Gasteiger charge is 2.43. The van der Waals surface area contributed by atoms with Gasteiger partial charge in [0.1, 0.15) is 5.69 Å². The Morgan fingerprint density at radius 1 is 1.17 bits per heavy atom. The number of nitrogens with one attached hydrogen (secondary N) is 1. The van der Waals surface area contributed by atoms with Gasteiger partial charge in [-0.25, -0.2) is 0 Å². The van der Waals surface area contributed by atoms with Crippen molar-refractivity contribution in [2.24, 2.45) is 11.8 Å². The molecule has 2 bridgehead atoms. The summed E-state index contributed by atoms with van der Waals surface area (Å²) in [5, 5.41) is 11.7. The first-order chi connectivity index (χ1) is 14.8. The molecule has 6 rings (SSSR count). The molecule has 3 aliphatic heterocycles. The monoisotopic (exact) mass is 403 g/mol. The van der Waals surface area contributed by atoms with E-state index in [1.807, 2.05) is 41.2 Å². The Labute approximate surface area is 175 Å². The lowest BCUT2D eigenvalue weighted by Gasteiger charge is -2.49. The van der Waals surface area contributed by atoms with Crippen LogP contribution in [0.3, 0.4) is 0 Å². The summed E-state index contributed by atoms with van der Waals surface area (Å²) in [6.07, 6.45) is 9.36. The summed E-state index contributed by atoms with van der Waals surface area (Å²) < 4.78 is 1.91. The fraction of sp³-hybridized carbons (Fsp3) is 0.409. The minimum Gasteiger partial charge on any atom is -0.352 e. The van der Waals surface area contributed by atoms with Crippen LogP contribution >= 0.6 is 0 Å². The summed E-state index contributed by atoms with van der Waals surface area (Å²) in [6.45, 7) is 3.19. The summed E-state index contributed by atoms with van der Waals surface area (Å²) in [7, 11) is 0. The van der Waals surface area contributed by atoms with Gasteiger partial charge >= 0.3 is 0 Å². The van der Waals surface area contributed by atoms with Gasteiger partial charge in [-0.05, 0) is 49.1 Å². The second-order valence-electron chi connectivity index (χ2n) is 8.16. The van der Waals surface area contributed by atoms with Gasteiger partial charge in [0.15, 0.2) is 0 Å². The van der Waals surface area contributed by atoms with Gasteiger partial charge < -0.3 is 5.32 Å². The van der Waals surface area contributed by atoms with Crippen LogP contribution in [0, 0.1) is 11.8 Å². The molecule has 3 saturated heterocycles. The van der Waals surface area contributed by atoms with Crippen molar-refractivity contribution in [1.29, 1.82) is 0 Å². The van der Waals surface area contributed by atoms with Gasteiger partial charge in [-0.1, -0.05) is 17.3 Å². The number of piperidine rings is 3. The van der Waals surface area contributed by atoms with E-state index in [2.05, 4.69) is 30.5 Å². The smallest absolute Gasteiger partial charge is 0.224 e. The third-order valence-corrected chi connectivity index (χ3v) is 6.27. The molecule has 30 heavy (non-hydrogen) atoms. The third-order valence-electron chi connectivity index (χ3n) is 6.27. The number of aromatic nitrogens is 5. The molecule has 6 heterocycles. The molecule has 4 atom stereocenters. The van der Waals surface area contributed by atoms with Crippen LogP contribution in [0.25, 0.3) is 11.4 Å².